The Labute approximate surface area is 196 Å². The largest absolute Gasteiger partial charge is 0.459 e. The monoisotopic (exact) mass is 474 g/mol. The molecule has 0 saturated heterocycles. The van der Waals surface area contributed by atoms with Gasteiger partial charge in [0.1, 0.15) is 26.4 Å². The minimum Gasteiger partial charge on any atom is -0.459 e. The molecule has 10 nitrogen and oxygen atoms in total. The second-order valence-electron chi connectivity index (χ2n) is 7.16. The van der Waals surface area contributed by atoms with Gasteiger partial charge in [-0.2, -0.15) is 0 Å². The fourth-order valence-corrected chi connectivity index (χ4v) is 2.46. The molecule has 182 valence electrons. The van der Waals surface area contributed by atoms with Gasteiger partial charge in [0.05, 0.1) is 11.1 Å². The van der Waals surface area contributed by atoms with Crippen LogP contribution < -0.4 is 0 Å². The lowest BCUT2D eigenvalue weighted by molar-refractivity contribution is -0.140. The van der Waals surface area contributed by atoms with Crippen LogP contribution in [-0.2, 0) is 28.5 Å². The molecule has 0 bridgehead atoms. The summed E-state index contributed by atoms with van der Waals surface area (Å²) in [5.74, 6) is -4.37. The number of esters is 4. The lowest BCUT2D eigenvalue weighted by Gasteiger charge is -2.13. The SMILES string of the molecule is C=C(C)C(=O)OCCOC(=O)c1cc(C(=O)OCCOC(=O)C(=C)C)c(C(C)=O)cc1C(C)=O. The topological polar surface area (TPSA) is 139 Å². The third-order valence-corrected chi connectivity index (χ3v) is 4.15. The summed E-state index contributed by atoms with van der Waals surface area (Å²) in [6, 6.07) is 2.14. The third kappa shape index (κ3) is 8.12. The summed E-state index contributed by atoms with van der Waals surface area (Å²) in [5.41, 5.74) is -0.485. The van der Waals surface area contributed by atoms with Gasteiger partial charge in [-0.25, -0.2) is 19.2 Å². The Bertz CT molecular complexity index is 969. The normalized spacial score (nSPS) is 10.0. The van der Waals surface area contributed by atoms with E-state index in [2.05, 4.69) is 13.2 Å². The number of carbonyl (C=O) groups is 6. The molecule has 34 heavy (non-hydrogen) atoms. The smallest absolute Gasteiger partial charge is 0.339 e. The number of hydrogen-bond donors (Lipinski definition) is 0. The molecule has 10 heteroatoms. The van der Waals surface area contributed by atoms with E-state index in [0.29, 0.717) is 0 Å². The van der Waals surface area contributed by atoms with Crippen LogP contribution in [0.15, 0.2) is 36.4 Å². The Morgan fingerprint density at radius 1 is 0.559 bits per heavy atom. The van der Waals surface area contributed by atoms with Crippen LogP contribution in [0, 0.1) is 0 Å². The maximum atomic E-state index is 12.6. The van der Waals surface area contributed by atoms with Crippen LogP contribution in [0.1, 0.15) is 69.1 Å². The van der Waals surface area contributed by atoms with E-state index in [1.807, 2.05) is 0 Å². The Balaban J connectivity index is 3.07. The highest BCUT2D eigenvalue weighted by atomic mass is 16.6. The Morgan fingerprint density at radius 3 is 1.15 bits per heavy atom. The first-order chi connectivity index (χ1) is 15.9. The first-order valence-electron chi connectivity index (χ1n) is 10.1. The number of ether oxygens (including phenoxy) is 4. The first-order valence-corrected chi connectivity index (χ1v) is 10.1. The van der Waals surface area contributed by atoms with Crippen LogP contribution in [-0.4, -0.2) is 61.9 Å². The molecule has 0 aliphatic heterocycles. The maximum Gasteiger partial charge on any atom is 0.339 e. The molecule has 0 aromatic heterocycles. The summed E-state index contributed by atoms with van der Waals surface area (Å²) in [6.07, 6.45) is 0. The molecule has 0 amide bonds. The highest BCUT2D eigenvalue weighted by Gasteiger charge is 2.25. The fourth-order valence-electron chi connectivity index (χ4n) is 2.46. The zero-order valence-corrected chi connectivity index (χ0v) is 19.5. The van der Waals surface area contributed by atoms with E-state index in [4.69, 9.17) is 18.9 Å². The number of hydrogen-bond acceptors (Lipinski definition) is 10. The summed E-state index contributed by atoms with van der Waals surface area (Å²) >= 11 is 0. The van der Waals surface area contributed by atoms with Gasteiger partial charge in [0.25, 0.3) is 0 Å². The Morgan fingerprint density at radius 2 is 0.853 bits per heavy atom. The second kappa shape index (κ2) is 12.8. The lowest BCUT2D eigenvalue weighted by atomic mass is 9.94. The number of carbonyl (C=O) groups excluding carboxylic acids is 6. The van der Waals surface area contributed by atoms with Crippen molar-refractivity contribution in [3.63, 3.8) is 0 Å². The molecule has 0 unspecified atom stereocenters. The van der Waals surface area contributed by atoms with Crippen LogP contribution in [0.4, 0.5) is 0 Å². The molecule has 0 radical (unpaired) electrons. The van der Waals surface area contributed by atoms with Crippen molar-refractivity contribution in [3.8, 4) is 0 Å². The van der Waals surface area contributed by atoms with E-state index in [1.165, 1.54) is 27.7 Å². The van der Waals surface area contributed by atoms with E-state index in [1.54, 1.807) is 0 Å². The standard InChI is InChI=1S/C24H26O10/c1-13(2)21(27)31-7-9-33-23(29)19-12-20(18(16(6)26)11-17(19)15(5)25)24(30)34-10-8-32-22(28)14(3)4/h11-12H,1,3,7-10H2,2,4-6H3. The average Bonchev–Trinajstić information content (AvgIpc) is 2.77. The zero-order chi connectivity index (χ0) is 26.0. The molecule has 0 spiro atoms. The minimum atomic E-state index is -0.976. The maximum absolute atomic E-state index is 12.6. The number of ketones is 2. The average molecular weight is 474 g/mol. The van der Waals surface area contributed by atoms with Crippen molar-refractivity contribution < 1.29 is 47.7 Å². The predicted octanol–water partition coefficient (Wildman–Crippen LogP) is 2.64. The summed E-state index contributed by atoms with van der Waals surface area (Å²) in [4.78, 5) is 72.1. The van der Waals surface area contributed by atoms with Crippen molar-refractivity contribution in [2.45, 2.75) is 27.7 Å². The quantitative estimate of drug-likeness (QED) is 0.146. The molecule has 0 aliphatic carbocycles. The lowest BCUT2D eigenvalue weighted by Crippen LogP contribution is -2.20. The van der Waals surface area contributed by atoms with Gasteiger partial charge in [0, 0.05) is 22.3 Å². The van der Waals surface area contributed by atoms with Gasteiger partial charge in [-0.05, 0) is 39.8 Å². The van der Waals surface area contributed by atoms with Crippen molar-refractivity contribution >= 4 is 35.4 Å². The molecule has 0 saturated carbocycles. The van der Waals surface area contributed by atoms with Crippen molar-refractivity contribution in [1.29, 1.82) is 0 Å². The minimum absolute atomic E-state index is 0.138. The second-order valence-corrected chi connectivity index (χ2v) is 7.16. The highest BCUT2D eigenvalue weighted by Crippen LogP contribution is 2.21. The van der Waals surface area contributed by atoms with Crippen LogP contribution >= 0.6 is 0 Å². The van der Waals surface area contributed by atoms with Crippen LogP contribution in [0.5, 0.6) is 0 Å². The van der Waals surface area contributed by atoms with Gasteiger partial charge in [-0.3, -0.25) is 9.59 Å². The summed E-state index contributed by atoms with van der Waals surface area (Å²) in [7, 11) is 0. The van der Waals surface area contributed by atoms with Crippen molar-refractivity contribution in [1.82, 2.24) is 0 Å². The van der Waals surface area contributed by atoms with E-state index in [0.717, 1.165) is 12.1 Å². The molecular formula is C24H26O10. The number of benzene rings is 1. The van der Waals surface area contributed by atoms with Gasteiger partial charge in [0.15, 0.2) is 11.6 Å². The number of Topliss-reactive ketones (excluding diaryl/α,β-unsaturated/α-hetero) is 2. The van der Waals surface area contributed by atoms with Crippen LogP contribution in [0.2, 0.25) is 0 Å². The predicted molar refractivity (Wildman–Crippen MR) is 119 cm³/mol. The molecular weight excluding hydrogens is 448 g/mol. The van der Waals surface area contributed by atoms with E-state index < -0.39 is 35.4 Å². The van der Waals surface area contributed by atoms with Crippen molar-refractivity contribution in [2.75, 3.05) is 26.4 Å². The molecule has 1 aromatic carbocycles. The van der Waals surface area contributed by atoms with E-state index >= 15 is 0 Å². The molecule has 0 aliphatic rings. The van der Waals surface area contributed by atoms with Crippen LogP contribution in [0.25, 0.3) is 0 Å². The summed E-state index contributed by atoms with van der Waals surface area (Å²) in [5, 5.41) is 0. The Hall–Kier alpha value is -4.08. The van der Waals surface area contributed by atoms with E-state index in [-0.39, 0.29) is 59.8 Å². The fraction of sp³-hybridized carbons (Fsp3) is 0.333. The number of rotatable bonds is 12. The molecule has 1 rings (SSSR count). The molecule has 0 N–H and O–H groups in total. The van der Waals surface area contributed by atoms with E-state index in [9.17, 15) is 28.8 Å². The molecule has 0 heterocycles. The molecule has 0 fully saturated rings. The van der Waals surface area contributed by atoms with Crippen molar-refractivity contribution in [3.05, 3.63) is 58.7 Å². The highest BCUT2D eigenvalue weighted by molar-refractivity contribution is 6.12. The van der Waals surface area contributed by atoms with Gasteiger partial charge in [0.2, 0.25) is 0 Å². The molecule has 1 aromatic rings. The van der Waals surface area contributed by atoms with Crippen LogP contribution in [0.3, 0.4) is 0 Å². The summed E-state index contributed by atoms with van der Waals surface area (Å²) in [6.45, 7) is 11.0. The van der Waals surface area contributed by atoms with Gasteiger partial charge in [-0.1, -0.05) is 13.2 Å². The summed E-state index contributed by atoms with van der Waals surface area (Å²) < 4.78 is 19.7. The van der Waals surface area contributed by atoms with Gasteiger partial charge >= 0.3 is 23.9 Å². The van der Waals surface area contributed by atoms with Crippen molar-refractivity contribution in [2.24, 2.45) is 0 Å². The Kier molecular flexibility index (Phi) is 10.5. The third-order valence-electron chi connectivity index (χ3n) is 4.15. The van der Waals surface area contributed by atoms with Gasteiger partial charge in [-0.15, -0.1) is 0 Å². The molecule has 0 atom stereocenters. The van der Waals surface area contributed by atoms with Gasteiger partial charge < -0.3 is 18.9 Å². The first kappa shape index (κ1) is 28.0. The zero-order valence-electron chi connectivity index (χ0n) is 19.5.